The molecule has 0 spiro atoms. The lowest BCUT2D eigenvalue weighted by Crippen LogP contribution is -2.37. The first kappa shape index (κ1) is 12.3. The lowest BCUT2D eigenvalue weighted by atomic mass is 10.3. The summed E-state index contributed by atoms with van der Waals surface area (Å²) in [7, 11) is 4.11. The zero-order chi connectivity index (χ0) is 13.2. The van der Waals surface area contributed by atoms with Crippen molar-refractivity contribution in [2.24, 2.45) is 0 Å². The van der Waals surface area contributed by atoms with Crippen LogP contribution in [0.2, 0.25) is 0 Å². The molecule has 1 aliphatic heterocycles. The molecule has 1 aliphatic rings. The van der Waals surface area contributed by atoms with E-state index in [1.807, 2.05) is 24.3 Å². The highest BCUT2D eigenvalue weighted by atomic mass is 32.2. The lowest BCUT2D eigenvalue weighted by Gasteiger charge is -2.29. The van der Waals surface area contributed by atoms with Crippen molar-refractivity contribution >= 4 is 22.4 Å². The van der Waals surface area contributed by atoms with Gasteiger partial charge in [0, 0.05) is 11.8 Å². The van der Waals surface area contributed by atoms with Gasteiger partial charge in [-0.1, -0.05) is 35.1 Å². The molecule has 0 saturated heterocycles. The highest BCUT2D eigenvalue weighted by Crippen LogP contribution is 2.41. The number of benzene rings is 1. The SMILES string of the molecule is CN(C)C1SC(c2ccno2)=[C]N1c1ccccc1. The number of nitrogens with zero attached hydrogens (tertiary/aromatic N) is 3. The summed E-state index contributed by atoms with van der Waals surface area (Å²) in [6.07, 6.45) is 5.03. The van der Waals surface area contributed by atoms with E-state index in [2.05, 4.69) is 47.4 Å². The normalized spacial score (nSPS) is 19.0. The first-order valence-corrected chi connectivity index (χ1v) is 6.86. The Morgan fingerprint density at radius 3 is 2.68 bits per heavy atom. The fourth-order valence-corrected chi connectivity index (χ4v) is 2.99. The molecule has 5 heteroatoms. The molecule has 1 aromatic heterocycles. The van der Waals surface area contributed by atoms with E-state index in [-0.39, 0.29) is 5.50 Å². The first-order valence-electron chi connectivity index (χ1n) is 5.98. The molecule has 1 atom stereocenters. The molecular weight excluding hydrogens is 258 g/mol. The van der Waals surface area contributed by atoms with Gasteiger partial charge < -0.3 is 9.42 Å². The molecule has 0 fully saturated rings. The minimum atomic E-state index is 0.169. The molecule has 19 heavy (non-hydrogen) atoms. The highest BCUT2D eigenvalue weighted by molar-refractivity contribution is 8.09. The van der Waals surface area contributed by atoms with Gasteiger partial charge in [-0.15, -0.1) is 0 Å². The quantitative estimate of drug-likeness (QED) is 0.858. The minimum absolute atomic E-state index is 0.169. The maximum atomic E-state index is 5.21. The van der Waals surface area contributed by atoms with Gasteiger partial charge in [0.25, 0.3) is 0 Å². The Morgan fingerprint density at radius 1 is 1.26 bits per heavy atom. The van der Waals surface area contributed by atoms with Crippen LogP contribution in [0.15, 0.2) is 47.1 Å². The molecule has 0 amide bonds. The second-order valence-electron chi connectivity index (χ2n) is 4.43. The van der Waals surface area contributed by atoms with E-state index in [1.54, 1.807) is 18.0 Å². The van der Waals surface area contributed by atoms with E-state index in [0.717, 1.165) is 16.4 Å². The van der Waals surface area contributed by atoms with Gasteiger partial charge in [-0.2, -0.15) is 0 Å². The molecule has 0 aliphatic carbocycles. The zero-order valence-corrected chi connectivity index (χ0v) is 11.6. The van der Waals surface area contributed by atoms with Gasteiger partial charge in [0.1, 0.15) is 5.50 Å². The average molecular weight is 272 g/mol. The van der Waals surface area contributed by atoms with Gasteiger partial charge in [0.05, 0.1) is 17.3 Å². The number of anilines is 1. The molecule has 3 rings (SSSR count). The summed E-state index contributed by atoms with van der Waals surface area (Å²) in [4.78, 5) is 5.23. The Kier molecular flexibility index (Phi) is 3.31. The number of rotatable bonds is 3. The van der Waals surface area contributed by atoms with E-state index in [0.29, 0.717) is 0 Å². The van der Waals surface area contributed by atoms with Crippen molar-refractivity contribution in [2.75, 3.05) is 19.0 Å². The third-order valence-electron chi connectivity index (χ3n) is 2.80. The minimum Gasteiger partial charge on any atom is -0.356 e. The zero-order valence-electron chi connectivity index (χ0n) is 10.8. The summed E-state index contributed by atoms with van der Waals surface area (Å²) in [5.41, 5.74) is 1.28. The number of hydrogen-bond donors (Lipinski definition) is 0. The van der Waals surface area contributed by atoms with Crippen LogP contribution in [0.1, 0.15) is 5.76 Å². The van der Waals surface area contributed by atoms with Crippen molar-refractivity contribution in [3.8, 4) is 0 Å². The second-order valence-corrected chi connectivity index (χ2v) is 5.50. The predicted octanol–water partition coefficient (Wildman–Crippen LogP) is 2.87. The van der Waals surface area contributed by atoms with E-state index in [1.165, 1.54) is 0 Å². The maximum absolute atomic E-state index is 5.21. The van der Waals surface area contributed by atoms with Crippen LogP contribution in [-0.2, 0) is 0 Å². The molecule has 0 N–H and O–H groups in total. The van der Waals surface area contributed by atoms with E-state index in [4.69, 9.17) is 4.52 Å². The number of para-hydroxylation sites is 1. The fourth-order valence-electron chi connectivity index (χ4n) is 1.91. The first-order chi connectivity index (χ1) is 9.25. The van der Waals surface area contributed by atoms with Crippen molar-refractivity contribution in [3.63, 3.8) is 0 Å². The maximum Gasteiger partial charge on any atom is 0.175 e. The number of hydrogen-bond acceptors (Lipinski definition) is 5. The molecule has 0 saturated carbocycles. The van der Waals surface area contributed by atoms with Crippen LogP contribution in [-0.4, -0.2) is 29.6 Å². The topological polar surface area (TPSA) is 32.5 Å². The Labute approximate surface area is 116 Å². The summed E-state index contributed by atoms with van der Waals surface area (Å²) in [6.45, 7) is 0. The monoisotopic (exact) mass is 272 g/mol. The Balaban J connectivity index is 1.95. The number of aromatic nitrogens is 1. The van der Waals surface area contributed by atoms with Crippen LogP contribution in [0.4, 0.5) is 5.69 Å². The molecule has 4 nitrogen and oxygen atoms in total. The number of thioether (sulfide) groups is 1. The van der Waals surface area contributed by atoms with Crippen LogP contribution in [0.5, 0.6) is 0 Å². The van der Waals surface area contributed by atoms with E-state index < -0.39 is 0 Å². The van der Waals surface area contributed by atoms with E-state index in [9.17, 15) is 0 Å². The molecule has 97 valence electrons. The summed E-state index contributed by atoms with van der Waals surface area (Å²) < 4.78 is 5.21. The van der Waals surface area contributed by atoms with Gasteiger partial charge in [-0.05, 0) is 26.2 Å². The lowest BCUT2D eigenvalue weighted by molar-refractivity contribution is 0.386. The Bertz CT molecular complexity index is 566. The van der Waals surface area contributed by atoms with Crippen LogP contribution in [0, 0.1) is 6.20 Å². The van der Waals surface area contributed by atoms with Crippen molar-refractivity contribution in [1.29, 1.82) is 0 Å². The summed E-state index contributed by atoms with van der Waals surface area (Å²) >= 11 is 1.70. The van der Waals surface area contributed by atoms with Crippen LogP contribution < -0.4 is 4.90 Å². The Morgan fingerprint density at radius 2 is 2.05 bits per heavy atom. The second kappa shape index (κ2) is 5.11. The van der Waals surface area contributed by atoms with Crippen LogP contribution in [0.3, 0.4) is 0 Å². The summed E-state index contributed by atoms with van der Waals surface area (Å²) in [5.74, 6) is 0.760. The third kappa shape index (κ3) is 2.39. The van der Waals surface area contributed by atoms with E-state index >= 15 is 0 Å². The van der Waals surface area contributed by atoms with Gasteiger partial charge in [-0.25, -0.2) is 0 Å². The molecule has 0 bridgehead atoms. The van der Waals surface area contributed by atoms with Crippen LogP contribution in [0.25, 0.3) is 4.91 Å². The summed E-state index contributed by atoms with van der Waals surface area (Å²) in [5, 5.41) is 3.75. The predicted molar refractivity (Wildman–Crippen MR) is 77.1 cm³/mol. The molecule has 2 aromatic rings. The molecular formula is C14H14N3OS. The van der Waals surface area contributed by atoms with Gasteiger partial charge in [-0.3, -0.25) is 4.90 Å². The standard InChI is InChI=1S/C14H14N3OS/c1-16(2)14-17(11-6-4-3-5-7-11)10-13(19-14)12-8-9-15-18-12/h3-9,14H,1-2H3. The van der Waals surface area contributed by atoms with Gasteiger partial charge >= 0.3 is 0 Å². The van der Waals surface area contributed by atoms with Crippen molar-refractivity contribution in [3.05, 3.63) is 54.6 Å². The van der Waals surface area contributed by atoms with Crippen molar-refractivity contribution in [1.82, 2.24) is 10.1 Å². The summed E-state index contributed by atoms with van der Waals surface area (Å²) in [6, 6.07) is 12.1. The van der Waals surface area contributed by atoms with Gasteiger partial charge in [0.2, 0.25) is 0 Å². The molecule has 1 radical (unpaired) electrons. The van der Waals surface area contributed by atoms with Crippen LogP contribution >= 0.6 is 11.8 Å². The largest absolute Gasteiger partial charge is 0.356 e. The smallest absolute Gasteiger partial charge is 0.175 e. The average Bonchev–Trinajstić information content (AvgIpc) is 3.08. The van der Waals surface area contributed by atoms with Gasteiger partial charge in [0.15, 0.2) is 5.76 Å². The molecule has 1 unspecified atom stereocenters. The molecule has 2 heterocycles. The fraction of sp³-hybridized carbons (Fsp3) is 0.214. The molecule has 1 aromatic carbocycles. The van der Waals surface area contributed by atoms with Crippen molar-refractivity contribution < 1.29 is 4.52 Å². The Hall–Kier alpha value is -1.72. The highest BCUT2D eigenvalue weighted by Gasteiger charge is 2.30. The third-order valence-corrected chi connectivity index (χ3v) is 4.18. The van der Waals surface area contributed by atoms with Crippen molar-refractivity contribution in [2.45, 2.75) is 5.50 Å².